The molecule has 0 saturated carbocycles. The van der Waals surface area contributed by atoms with E-state index in [0.717, 1.165) is 24.1 Å². The van der Waals surface area contributed by atoms with Gasteiger partial charge in [0, 0.05) is 24.7 Å². The fraction of sp³-hybridized carbons (Fsp3) is 0.429. The van der Waals surface area contributed by atoms with Gasteiger partial charge in [-0.2, -0.15) is 0 Å². The van der Waals surface area contributed by atoms with E-state index in [4.69, 9.17) is 10.8 Å². The summed E-state index contributed by atoms with van der Waals surface area (Å²) in [6, 6.07) is 4.75. The summed E-state index contributed by atoms with van der Waals surface area (Å²) in [7, 11) is 0. The number of carboxylic acid groups (broad SMARTS) is 1. The normalized spacial score (nSPS) is 15.8. The molecule has 102 valence electrons. The lowest BCUT2D eigenvalue weighted by atomic mass is 9.98. The Morgan fingerprint density at radius 1 is 1.47 bits per heavy atom. The van der Waals surface area contributed by atoms with Crippen molar-refractivity contribution in [1.29, 1.82) is 0 Å². The lowest BCUT2D eigenvalue weighted by Crippen LogP contribution is -2.38. The summed E-state index contributed by atoms with van der Waals surface area (Å²) in [5.74, 6) is -0.944. The van der Waals surface area contributed by atoms with E-state index >= 15 is 0 Å². The molecule has 0 saturated heterocycles. The molecule has 0 aliphatic carbocycles. The molecule has 0 fully saturated rings. The van der Waals surface area contributed by atoms with Crippen molar-refractivity contribution in [3.8, 4) is 0 Å². The summed E-state index contributed by atoms with van der Waals surface area (Å²) in [5.41, 5.74) is 7.66. The number of carbonyl (C=O) groups excluding carboxylic acids is 1. The van der Waals surface area contributed by atoms with Crippen LogP contribution < -0.4 is 10.6 Å². The number of hydrogen-bond acceptors (Lipinski definition) is 3. The van der Waals surface area contributed by atoms with Gasteiger partial charge in [0.25, 0.3) is 0 Å². The largest absolute Gasteiger partial charge is 0.478 e. The fourth-order valence-corrected chi connectivity index (χ4v) is 2.37. The number of aromatic carboxylic acids is 1. The third-order valence-corrected chi connectivity index (χ3v) is 3.24. The average Bonchev–Trinajstić information content (AvgIpc) is 2.36. The predicted octanol–water partition coefficient (Wildman–Crippen LogP) is 1.40. The zero-order chi connectivity index (χ0) is 14.0. The summed E-state index contributed by atoms with van der Waals surface area (Å²) in [6.45, 7) is 2.47. The van der Waals surface area contributed by atoms with E-state index in [0.29, 0.717) is 13.0 Å². The van der Waals surface area contributed by atoms with Crippen molar-refractivity contribution < 1.29 is 14.7 Å². The third kappa shape index (κ3) is 2.93. The molecular formula is C14H18N2O3. The van der Waals surface area contributed by atoms with E-state index in [1.165, 1.54) is 0 Å². The number of nitrogens with two attached hydrogens (primary N) is 1. The Labute approximate surface area is 112 Å². The van der Waals surface area contributed by atoms with Crippen LogP contribution in [0.25, 0.3) is 0 Å². The maximum absolute atomic E-state index is 12.1. The van der Waals surface area contributed by atoms with Crippen molar-refractivity contribution >= 4 is 17.6 Å². The molecule has 5 nitrogen and oxygen atoms in total. The number of carboxylic acids is 1. The summed E-state index contributed by atoms with van der Waals surface area (Å²) in [4.78, 5) is 24.8. The predicted molar refractivity (Wildman–Crippen MR) is 72.3 cm³/mol. The minimum absolute atomic E-state index is 0.000903. The van der Waals surface area contributed by atoms with Crippen molar-refractivity contribution in [2.75, 3.05) is 11.4 Å². The van der Waals surface area contributed by atoms with E-state index in [2.05, 4.69) is 0 Å². The maximum Gasteiger partial charge on any atom is 0.335 e. The molecule has 1 heterocycles. The highest BCUT2D eigenvalue weighted by Gasteiger charge is 2.23. The van der Waals surface area contributed by atoms with Crippen molar-refractivity contribution in [1.82, 2.24) is 0 Å². The lowest BCUT2D eigenvalue weighted by Gasteiger charge is -2.30. The SMILES string of the molecule is CC(N)CC(=O)N1CCCc2cc(C(=O)O)ccc21. The first-order valence-corrected chi connectivity index (χ1v) is 6.41. The Bertz CT molecular complexity index is 511. The van der Waals surface area contributed by atoms with E-state index in [1.54, 1.807) is 30.0 Å². The first-order valence-electron chi connectivity index (χ1n) is 6.41. The van der Waals surface area contributed by atoms with Crippen LogP contribution in [0.3, 0.4) is 0 Å². The Morgan fingerprint density at radius 3 is 2.84 bits per heavy atom. The van der Waals surface area contributed by atoms with Crippen LogP contribution in [-0.2, 0) is 11.2 Å². The fourth-order valence-electron chi connectivity index (χ4n) is 2.37. The Hall–Kier alpha value is -1.88. The lowest BCUT2D eigenvalue weighted by molar-refractivity contribution is -0.118. The van der Waals surface area contributed by atoms with E-state index in [1.807, 2.05) is 0 Å². The van der Waals surface area contributed by atoms with Gasteiger partial charge in [-0.15, -0.1) is 0 Å². The molecule has 0 spiro atoms. The quantitative estimate of drug-likeness (QED) is 0.862. The van der Waals surface area contributed by atoms with Crippen LogP contribution in [0.2, 0.25) is 0 Å². The molecule has 1 amide bonds. The van der Waals surface area contributed by atoms with E-state index in [-0.39, 0.29) is 17.5 Å². The molecule has 1 aromatic rings. The number of benzene rings is 1. The first-order chi connectivity index (χ1) is 8.99. The second-order valence-electron chi connectivity index (χ2n) is 4.98. The van der Waals surface area contributed by atoms with Gasteiger partial charge in [0.1, 0.15) is 0 Å². The van der Waals surface area contributed by atoms with Crippen molar-refractivity contribution in [3.05, 3.63) is 29.3 Å². The van der Waals surface area contributed by atoms with Gasteiger partial charge >= 0.3 is 5.97 Å². The monoisotopic (exact) mass is 262 g/mol. The molecule has 19 heavy (non-hydrogen) atoms. The topological polar surface area (TPSA) is 83.6 Å². The van der Waals surface area contributed by atoms with Crippen LogP contribution in [0.1, 0.15) is 35.7 Å². The standard InChI is InChI=1S/C14H18N2O3/c1-9(15)7-13(17)16-6-2-3-10-8-11(14(18)19)4-5-12(10)16/h4-5,8-9H,2-3,6-7,15H2,1H3,(H,18,19). The van der Waals surface area contributed by atoms with Crippen LogP contribution in [0.5, 0.6) is 0 Å². The van der Waals surface area contributed by atoms with Gasteiger partial charge in [-0.25, -0.2) is 4.79 Å². The molecular weight excluding hydrogens is 244 g/mol. The third-order valence-electron chi connectivity index (χ3n) is 3.24. The maximum atomic E-state index is 12.1. The molecule has 1 aliphatic rings. The van der Waals surface area contributed by atoms with Crippen LogP contribution in [0, 0.1) is 0 Å². The van der Waals surface area contributed by atoms with Gasteiger partial charge < -0.3 is 15.7 Å². The summed E-state index contributed by atoms with van der Waals surface area (Å²) in [5, 5.41) is 8.98. The molecule has 0 bridgehead atoms. The molecule has 1 unspecified atom stereocenters. The van der Waals surface area contributed by atoms with Crippen molar-refractivity contribution in [2.24, 2.45) is 5.73 Å². The van der Waals surface area contributed by atoms with Gasteiger partial charge in [0.2, 0.25) is 5.91 Å². The van der Waals surface area contributed by atoms with Gasteiger partial charge in [-0.05, 0) is 43.5 Å². The highest BCUT2D eigenvalue weighted by Crippen LogP contribution is 2.28. The van der Waals surface area contributed by atoms with Crippen LogP contribution >= 0.6 is 0 Å². The van der Waals surface area contributed by atoms with E-state index in [9.17, 15) is 9.59 Å². The van der Waals surface area contributed by atoms with Gasteiger partial charge in [-0.1, -0.05) is 0 Å². The Kier molecular flexibility index (Phi) is 3.85. The number of amides is 1. The molecule has 0 aromatic heterocycles. The molecule has 1 aliphatic heterocycles. The number of anilines is 1. The highest BCUT2D eigenvalue weighted by molar-refractivity contribution is 5.96. The second kappa shape index (κ2) is 5.40. The number of fused-ring (bicyclic) bond motifs is 1. The van der Waals surface area contributed by atoms with Crippen molar-refractivity contribution in [2.45, 2.75) is 32.2 Å². The molecule has 1 aromatic carbocycles. The summed E-state index contributed by atoms with van der Waals surface area (Å²) in [6.07, 6.45) is 1.96. The van der Waals surface area contributed by atoms with Gasteiger partial charge in [0.15, 0.2) is 0 Å². The zero-order valence-electron chi connectivity index (χ0n) is 10.9. The zero-order valence-corrected chi connectivity index (χ0v) is 10.9. The van der Waals surface area contributed by atoms with Crippen LogP contribution in [0.15, 0.2) is 18.2 Å². The Morgan fingerprint density at radius 2 is 2.21 bits per heavy atom. The molecule has 3 N–H and O–H groups in total. The summed E-state index contributed by atoms with van der Waals surface area (Å²) < 4.78 is 0. The number of rotatable bonds is 3. The molecule has 2 rings (SSSR count). The number of nitrogens with zero attached hydrogens (tertiary/aromatic N) is 1. The number of aryl methyl sites for hydroxylation is 1. The van der Waals surface area contributed by atoms with Gasteiger partial charge in [-0.3, -0.25) is 4.79 Å². The minimum Gasteiger partial charge on any atom is -0.478 e. The second-order valence-corrected chi connectivity index (χ2v) is 4.98. The summed E-state index contributed by atoms with van der Waals surface area (Å²) >= 11 is 0. The first kappa shape index (κ1) is 13.5. The van der Waals surface area contributed by atoms with Gasteiger partial charge in [0.05, 0.1) is 5.56 Å². The smallest absolute Gasteiger partial charge is 0.335 e. The van der Waals surface area contributed by atoms with Crippen LogP contribution in [0.4, 0.5) is 5.69 Å². The van der Waals surface area contributed by atoms with Crippen molar-refractivity contribution in [3.63, 3.8) is 0 Å². The minimum atomic E-state index is -0.943. The highest BCUT2D eigenvalue weighted by atomic mass is 16.4. The number of hydrogen-bond donors (Lipinski definition) is 2. The molecule has 0 radical (unpaired) electrons. The Balaban J connectivity index is 2.29. The molecule has 1 atom stereocenters. The van der Waals surface area contributed by atoms with Crippen LogP contribution in [-0.4, -0.2) is 29.6 Å². The number of carbonyl (C=O) groups is 2. The average molecular weight is 262 g/mol. The van der Waals surface area contributed by atoms with E-state index < -0.39 is 5.97 Å². The molecule has 5 heteroatoms.